The van der Waals surface area contributed by atoms with E-state index in [1.54, 1.807) is 7.11 Å². The Morgan fingerprint density at radius 3 is 2.55 bits per heavy atom. The highest BCUT2D eigenvalue weighted by Gasteiger charge is 2.40. The van der Waals surface area contributed by atoms with Crippen molar-refractivity contribution in [2.24, 2.45) is 5.41 Å². The van der Waals surface area contributed by atoms with Gasteiger partial charge in [0, 0.05) is 19.1 Å². The molecule has 2 fully saturated rings. The fraction of sp³-hybridized carbons (Fsp3) is 0.933. The van der Waals surface area contributed by atoms with Gasteiger partial charge in [0.2, 0.25) is 5.91 Å². The van der Waals surface area contributed by atoms with E-state index >= 15 is 0 Å². The summed E-state index contributed by atoms with van der Waals surface area (Å²) in [6.07, 6.45) is 5.03. The molecule has 0 aromatic carbocycles. The van der Waals surface area contributed by atoms with Crippen LogP contribution in [0, 0.1) is 5.41 Å². The molecule has 1 atom stereocenters. The van der Waals surface area contributed by atoms with E-state index in [2.05, 4.69) is 22.9 Å². The lowest BCUT2D eigenvalue weighted by molar-refractivity contribution is -0.128. The van der Waals surface area contributed by atoms with E-state index < -0.39 is 0 Å². The first-order chi connectivity index (χ1) is 9.66. The maximum Gasteiger partial charge on any atom is 0.240 e. The quantitative estimate of drug-likeness (QED) is 0.670. The molecule has 0 aromatic heterocycles. The number of hydrogen-bond acceptors (Lipinski definition) is 4. The summed E-state index contributed by atoms with van der Waals surface area (Å²) in [5, 5.41) is 9.98. The van der Waals surface area contributed by atoms with Crippen molar-refractivity contribution >= 4 is 5.91 Å². The van der Waals surface area contributed by atoms with Crippen molar-refractivity contribution in [1.82, 2.24) is 16.0 Å². The number of carbonyl (C=O) groups excluding carboxylic acids is 1. The van der Waals surface area contributed by atoms with E-state index in [1.807, 2.05) is 0 Å². The molecule has 2 aliphatic rings. The van der Waals surface area contributed by atoms with E-state index in [4.69, 9.17) is 4.74 Å². The van der Waals surface area contributed by atoms with Crippen LogP contribution in [0.1, 0.15) is 39.0 Å². The third kappa shape index (κ3) is 3.32. The Morgan fingerprint density at radius 2 is 2.00 bits per heavy atom. The Balaban J connectivity index is 1.93. The first-order valence-corrected chi connectivity index (χ1v) is 7.89. The largest absolute Gasteiger partial charge is 0.384 e. The van der Waals surface area contributed by atoms with Crippen LogP contribution >= 0.6 is 0 Å². The van der Waals surface area contributed by atoms with Gasteiger partial charge in [0.15, 0.2) is 0 Å². The number of ether oxygens (including phenoxy) is 1. The van der Waals surface area contributed by atoms with E-state index in [0.717, 1.165) is 64.9 Å². The molecule has 1 unspecified atom stereocenters. The Morgan fingerprint density at radius 1 is 1.25 bits per heavy atom. The van der Waals surface area contributed by atoms with Crippen LogP contribution in [0.2, 0.25) is 0 Å². The zero-order valence-corrected chi connectivity index (χ0v) is 12.9. The Labute approximate surface area is 122 Å². The number of amides is 1. The van der Waals surface area contributed by atoms with Gasteiger partial charge in [-0.1, -0.05) is 6.92 Å². The third-order valence-electron chi connectivity index (χ3n) is 5.02. The van der Waals surface area contributed by atoms with Crippen LogP contribution < -0.4 is 16.0 Å². The molecular weight excluding hydrogens is 254 g/mol. The van der Waals surface area contributed by atoms with Gasteiger partial charge in [-0.25, -0.2) is 0 Å². The minimum absolute atomic E-state index is 0.100. The third-order valence-corrected chi connectivity index (χ3v) is 5.02. The number of hydrogen-bond donors (Lipinski definition) is 3. The molecule has 2 rings (SSSR count). The van der Waals surface area contributed by atoms with Crippen molar-refractivity contribution in [1.29, 1.82) is 0 Å². The van der Waals surface area contributed by atoms with Gasteiger partial charge in [-0.2, -0.15) is 0 Å². The predicted octanol–water partition coefficient (Wildman–Crippen LogP) is 0.651. The Hall–Kier alpha value is -0.650. The molecule has 2 aliphatic heterocycles. The number of methoxy groups -OCH3 is 1. The highest BCUT2D eigenvalue weighted by molar-refractivity contribution is 5.86. The molecular formula is C15H29N3O2. The van der Waals surface area contributed by atoms with Gasteiger partial charge in [0.1, 0.15) is 0 Å². The molecule has 0 radical (unpaired) electrons. The normalized spacial score (nSPS) is 29.3. The summed E-state index contributed by atoms with van der Waals surface area (Å²) in [5.41, 5.74) is -0.232. The summed E-state index contributed by atoms with van der Waals surface area (Å²) < 4.78 is 5.40. The fourth-order valence-electron chi connectivity index (χ4n) is 3.53. The summed E-state index contributed by atoms with van der Waals surface area (Å²) >= 11 is 0. The second-order valence-electron chi connectivity index (χ2n) is 6.33. The molecule has 0 aromatic rings. The van der Waals surface area contributed by atoms with Crippen LogP contribution in [-0.2, 0) is 9.53 Å². The second kappa shape index (κ2) is 6.87. The van der Waals surface area contributed by atoms with Crippen molar-refractivity contribution in [3.05, 3.63) is 0 Å². The minimum atomic E-state index is -0.332. The lowest BCUT2D eigenvalue weighted by atomic mass is 9.79. The fourth-order valence-corrected chi connectivity index (χ4v) is 3.53. The summed E-state index contributed by atoms with van der Waals surface area (Å²) in [7, 11) is 1.75. The zero-order valence-electron chi connectivity index (χ0n) is 12.9. The first-order valence-electron chi connectivity index (χ1n) is 7.89. The molecule has 3 N–H and O–H groups in total. The van der Waals surface area contributed by atoms with Gasteiger partial charge < -0.3 is 20.7 Å². The lowest BCUT2D eigenvalue weighted by Crippen LogP contribution is -2.56. The molecule has 2 saturated heterocycles. The molecule has 0 bridgehead atoms. The van der Waals surface area contributed by atoms with E-state index in [-0.39, 0.29) is 16.9 Å². The summed E-state index contributed by atoms with van der Waals surface area (Å²) in [6.45, 7) is 6.51. The van der Waals surface area contributed by atoms with Gasteiger partial charge in [0.25, 0.3) is 0 Å². The molecule has 0 aliphatic carbocycles. The molecule has 5 nitrogen and oxygen atoms in total. The highest BCUT2D eigenvalue weighted by Crippen LogP contribution is 2.29. The van der Waals surface area contributed by atoms with Gasteiger partial charge in [-0.3, -0.25) is 4.79 Å². The van der Waals surface area contributed by atoms with Crippen LogP contribution in [0.4, 0.5) is 0 Å². The summed E-state index contributed by atoms with van der Waals surface area (Å²) in [4.78, 5) is 12.6. The van der Waals surface area contributed by atoms with Crippen molar-refractivity contribution in [2.75, 3.05) is 39.9 Å². The van der Waals surface area contributed by atoms with Crippen LogP contribution in [0.25, 0.3) is 0 Å². The minimum Gasteiger partial charge on any atom is -0.384 e. The maximum absolute atomic E-state index is 12.6. The number of carbonyl (C=O) groups is 1. The topological polar surface area (TPSA) is 62.4 Å². The molecule has 2 heterocycles. The molecule has 116 valence electrons. The SMILES string of the molecule is CCC1(C(=O)NCC2(COC)CCNCC2)CCCN1. The van der Waals surface area contributed by atoms with Crippen molar-refractivity contribution in [3.8, 4) is 0 Å². The number of piperidine rings is 1. The summed E-state index contributed by atoms with van der Waals surface area (Å²) in [6, 6.07) is 0. The van der Waals surface area contributed by atoms with Gasteiger partial charge in [0.05, 0.1) is 12.1 Å². The van der Waals surface area contributed by atoms with Crippen LogP contribution in [0.3, 0.4) is 0 Å². The van der Waals surface area contributed by atoms with Gasteiger partial charge in [-0.15, -0.1) is 0 Å². The van der Waals surface area contributed by atoms with Gasteiger partial charge in [-0.05, 0) is 51.7 Å². The van der Waals surface area contributed by atoms with Crippen molar-refractivity contribution in [3.63, 3.8) is 0 Å². The van der Waals surface area contributed by atoms with E-state index in [0.29, 0.717) is 0 Å². The van der Waals surface area contributed by atoms with E-state index in [9.17, 15) is 4.79 Å². The monoisotopic (exact) mass is 283 g/mol. The standard InChI is InChI=1S/C15H29N3O2/c1-3-15(5-4-8-18-15)13(19)17-11-14(12-20-2)6-9-16-10-7-14/h16,18H,3-12H2,1-2H3,(H,17,19). The number of nitrogens with one attached hydrogen (secondary N) is 3. The average Bonchev–Trinajstić information content (AvgIpc) is 2.96. The maximum atomic E-state index is 12.6. The molecule has 0 spiro atoms. The average molecular weight is 283 g/mol. The lowest BCUT2D eigenvalue weighted by Gasteiger charge is -2.38. The molecule has 20 heavy (non-hydrogen) atoms. The Kier molecular flexibility index (Phi) is 5.41. The Bertz CT molecular complexity index is 316. The molecule has 1 amide bonds. The number of rotatable bonds is 6. The second-order valence-corrected chi connectivity index (χ2v) is 6.33. The van der Waals surface area contributed by atoms with E-state index in [1.165, 1.54) is 0 Å². The zero-order chi connectivity index (χ0) is 14.5. The van der Waals surface area contributed by atoms with Crippen molar-refractivity contribution in [2.45, 2.75) is 44.6 Å². The first kappa shape index (κ1) is 15.7. The molecule has 0 saturated carbocycles. The van der Waals surface area contributed by atoms with Crippen LogP contribution in [0.5, 0.6) is 0 Å². The molecule has 5 heteroatoms. The highest BCUT2D eigenvalue weighted by atomic mass is 16.5. The van der Waals surface area contributed by atoms with Crippen LogP contribution in [-0.4, -0.2) is 51.3 Å². The predicted molar refractivity (Wildman–Crippen MR) is 79.7 cm³/mol. The van der Waals surface area contributed by atoms with Gasteiger partial charge >= 0.3 is 0 Å². The van der Waals surface area contributed by atoms with Crippen molar-refractivity contribution < 1.29 is 9.53 Å². The van der Waals surface area contributed by atoms with Crippen LogP contribution in [0.15, 0.2) is 0 Å². The summed E-state index contributed by atoms with van der Waals surface area (Å²) in [5.74, 6) is 0.173. The smallest absolute Gasteiger partial charge is 0.240 e.